The number of nitrogens with zero attached hydrogens (tertiary/aromatic N) is 4. The lowest BCUT2D eigenvalue weighted by molar-refractivity contribution is 0.548. The standard InChI is InChI=1S/C14H7ClF3N5/c1-2-3-19-13-11(10-8(17)4-7(16)5-9(10)18)12(15)22-14-20-6-21-23(13)14/h1,4-6,19H,3H2. The van der Waals surface area contributed by atoms with Gasteiger partial charge in [0.2, 0.25) is 0 Å². The quantitative estimate of drug-likeness (QED) is 0.590. The number of halogens is 4. The van der Waals surface area contributed by atoms with E-state index in [1.807, 2.05) is 0 Å². The van der Waals surface area contributed by atoms with Crippen LogP contribution in [0.3, 0.4) is 0 Å². The minimum Gasteiger partial charge on any atom is -0.358 e. The number of aromatic nitrogens is 4. The Kier molecular flexibility index (Phi) is 3.80. The van der Waals surface area contributed by atoms with Crippen molar-refractivity contribution in [3.8, 4) is 23.5 Å². The molecule has 1 N–H and O–H groups in total. The number of anilines is 1. The van der Waals surface area contributed by atoms with E-state index in [0.717, 1.165) is 0 Å². The average molecular weight is 338 g/mol. The Morgan fingerprint density at radius 1 is 1.22 bits per heavy atom. The average Bonchev–Trinajstić information content (AvgIpc) is 2.93. The number of terminal acetylenes is 1. The van der Waals surface area contributed by atoms with Gasteiger partial charge in [0.15, 0.2) is 0 Å². The highest BCUT2D eigenvalue weighted by Gasteiger charge is 2.23. The third kappa shape index (κ3) is 2.55. The minimum absolute atomic E-state index is 0.0345. The van der Waals surface area contributed by atoms with E-state index in [1.165, 1.54) is 10.8 Å². The molecule has 0 amide bonds. The molecule has 0 fully saturated rings. The summed E-state index contributed by atoms with van der Waals surface area (Å²) in [5.41, 5.74) is -0.671. The van der Waals surface area contributed by atoms with E-state index in [-0.39, 0.29) is 28.9 Å². The van der Waals surface area contributed by atoms with E-state index >= 15 is 0 Å². The summed E-state index contributed by atoms with van der Waals surface area (Å²) >= 11 is 6.05. The van der Waals surface area contributed by atoms with Crippen LogP contribution in [0.2, 0.25) is 5.15 Å². The van der Waals surface area contributed by atoms with Crippen molar-refractivity contribution in [2.75, 3.05) is 11.9 Å². The van der Waals surface area contributed by atoms with Crippen LogP contribution in [-0.2, 0) is 0 Å². The van der Waals surface area contributed by atoms with Gasteiger partial charge in [-0.1, -0.05) is 17.5 Å². The summed E-state index contributed by atoms with van der Waals surface area (Å²) in [6, 6.07) is 1.09. The molecule has 0 spiro atoms. The molecule has 0 bridgehead atoms. The van der Waals surface area contributed by atoms with Crippen molar-refractivity contribution in [2.45, 2.75) is 0 Å². The van der Waals surface area contributed by atoms with E-state index in [0.29, 0.717) is 12.1 Å². The first-order valence-corrected chi connectivity index (χ1v) is 6.62. The van der Waals surface area contributed by atoms with Gasteiger partial charge in [-0.2, -0.15) is 19.6 Å². The summed E-state index contributed by atoms with van der Waals surface area (Å²) in [5.74, 6) is -0.773. The number of hydrogen-bond donors (Lipinski definition) is 1. The molecule has 116 valence electrons. The van der Waals surface area contributed by atoms with Crippen molar-refractivity contribution >= 4 is 23.2 Å². The summed E-state index contributed by atoms with van der Waals surface area (Å²) in [7, 11) is 0. The first-order valence-electron chi connectivity index (χ1n) is 6.24. The van der Waals surface area contributed by atoms with Crippen molar-refractivity contribution in [1.29, 1.82) is 0 Å². The Bertz CT molecular complexity index is 924. The van der Waals surface area contributed by atoms with Gasteiger partial charge in [0.1, 0.15) is 34.7 Å². The van der Waals surface area contributed by atoms with Crippen molar-refractivity contribution < 1.29 is 13.2 Å². The molecule has 3 rings (SSSR count). The fourth-order valence-electron chi connectivity index (χ4n) is 2.12. The third-order valence-electron chi connectivity index (χ3n) is 3.00. The highest BCUT2D eigenvalue weighted by molar-refractivity contribution is 6.33. The Morgan fingerprint density at radius 3 is 2.57 bits per heavy atom. The normalized spacial score (nSPS) is 10.7. The lowest BCUT2D eigenvalue weighted by atomic mass is 10.1. The fraction of sp³-hybridized carbons (Fsp3) is 0.0714. The van der Waals surface area contributed by atoms with Gasteiger partial charge in [0, 0.05) is 12.1 Å². The summed E-state index contributed by atoms with van der Waals surface area (Å²) in [4.78, 5) is 7.78. The molecule has 0 saturated carbocycles. The molecule has 0 unspecified atom stereocenters. The lowest BCUT2D eigenvalue weighted by Crippen LogP contribution is -2.10. The maximum atomic E-state index is 14.1. The summed E-state index contributed by atoms with van der Waals surface area (Å²) in [6.45, 7) is 0.0345. The summed E-state index contributed by atoms with van der Waals surface area (Å²) in [5, 5.41) is 6.46. The maximum absolute atomic E-state index is 14.1. The molecule has 3 aromatic rings. The number of hydrogen-bond acceptors (Lipinski definition) is 4. The molecule has 1 aromatic carbocycles. The van der Waals surface area contributed by atoms with E-state index in [9.17, 15) is 13.2 Å². The summed E-state index contributed by atoms with van der Waals surface area (Å²) in [6.07, 6.45) is 6.39. The maximum Gasteiger partial charge on any atom is 0.255 e. The SMILES string of the molecule is C#CCNc1c(-c2c(F)cc(F)cc2F)c(Cl)nc2ncnn12. The number of nitrogens with one attached hydrogen (secondary N) is 1. The zero-order chi connectivity index (χ0) is 16.6. The second kappa shape index (κ2) is 5.78. The van der Waals surface area contributed by atoms with Crippen LogP contribution in [0.25, 0.3) is 16.9 Å². The number of benzene rings is 1. The molecule has 5 nitrogen and oxygen atoms in total. The number of rotatable bonds is 3. The van der Waals surface area contributed by atoms with Crippen LogP contribution in [0.5, 0.6) is 0 Å². The smallest absolute Gasteiger partial charge is 0.255 e. The second-order valence-corrected chi connectivity index (χ2v) is 4.76. The van der Waals surface area contributed by atoms with E-state index in [1.54, 1.807) is 0 Å². The van der Waals surface area contributed by atoms with Crippen LogP contribution in [0.15, 0.2) is 18.5 Å². The molecule has 2 aromatic heterocycles. The molecule has 0 radical (unpaired) electrons. The molecular formula is C14H7ClF3N5. The molecule has 0 saturated heterocycles. The Morgan fingerprint density at radius 2 is 1.91 bits per heavy atom. The van der Waals surface area contributed by atoms with Crippen molar-refractivity contribution in [3.63, 3.8) is 0 Å². The Hall–Kier alpha value is -2.79. The van der Waals surface area contributed by atoms with Crippen LogP contribution in [-0.4, -0.2) is 26.1 Å². The molecule has 0 aliphatic rings. The molecule has 23 heavy (non-hydrogen) atoms. The monoisotopic (exact) mass is 337 g/mol. The predicted octanol–water partition coefficient (Wildman–Crippen LogP) is 2.91. The molecule has 0 aliphatic heterocycles. The lowest BCUT2D eigenvalue weighted by Gasteiger charge is -2.14. The predicted molar refractivity (Wildman–Crippen MR) is 78.4 cm³/mol. The molecule has 9 heteroatoms. The van der Waals surface area contributed by atoms with Gasteiger partial charge in [0.05, 0.1) is 17.7 Å². The van der Waals surface area contributed by atoms with E-state index in [2.05, 4.69) is 26.3 Å². The van der Waals surface area contributed by atoms with Crippen molar-refractivity contribution in [3.05, 3.63) is 41.1 Å². The largest absolute Gasteiger partial charge is 0.358 e. The van der Waals surface area contributed by atoms with Gasteiger partial charge in [-0.3, -0.25) is 0 Å². The van der Waals surface area contributed by atoms with E-state index in [4.69, 9.17) is 18.0 Å². The van der Waals surface area contributed by atoms with Gasteiger partial charge in [-0.25, -0.2) is 13.2 Å². The number of fused-ring (bicyclic) bond motifs is 1. The molecule has 0 aliphatic carbocycles. The van der Waals surface area contributed by atoms with Crippen LogP contribution in [0.1, 0.15) is 0 Å². The summed E-state index contributed by atoms with van der Waals surface area (Å²) < 4.78 is 42.6. The van der Waals surface area contributed by atoms with Gasteiger partial charge in [-0.05, 0) is 0 Å². The highest BCUT2D eigenvalue weighted by atomic mass is 35.5. The first-order chi connectivity index (χ1) is 11.0. The van der Waals surface area contributed by atoms with Gasteiger partial charge >= 0.3 is 0 Å². The van der Waals surface area contributed by atoms with E-state index < -0.39 is 23.0 Å². The molecular weight excluding hydrogens is 331 g/mol. The Balaban J connectivity index is 2.37. The van der Waals surface area contributed by atoms with Crippen LogP contribution in [0.4, 0.5) is 19.0 Å². The van der Waals surface area contributed by atoms with Crippen molar-refractivity contribution in [2.24, 2.45) is 0 Å². The van der Waals surface area contributed by atoms with Crippen LogP contribution < -0.4 is 5.32 Å². The molecule has 2 heterocycles. The minimum atomic E-state index is -1.13. The fourth-order valence-corrected chi connectivity index (χ4v) is 2.38. The third-order valence-corrected chi connectivity index (χ3v) is 3.27. The van der Waals surface area contributed by atoms with Crippen LogP contribution in [0, 0.1) is 29.8 Å². The Labute approximate surface area is 133 Å². The van der Waals surface area contributed by atoms with Gasteiger partial charge in [0.25, 0.3) is 5.78 Å². The molecule has 0 atom stereocenters. The zero-order valence-electron chi connectivity index (χ0n) is 11.3. The highest BCUT2D eigenvalue weighted by Crippen LogP contribution is 2.37. The zero-order valence-corrected chi connectivity index (χ0v) is 12.1. The van der Waals surface area contributed by atoms with Crippen LogP contribution >= 0.6 is 11.6 Å². The van der Waals surface area contributed by atoms with Gasteiger partial charge < -0.3 is 5.32 Å². The first kappa shape index (κ1) is 15.1. The second-order valence-electron chi connectivity index (χ2n) is 4.40. The topological polar surface area (TPSA) is 55.1 Å². The van der Waals surface area contributed by atoms with Crippen molar-refractivity contribution in [1.82, 2.24) is 19.6 Å². The van der Waals surface area contributed by atoms with Gasteiger partial charge in [-0.15, -0.1) is 6.42 Å².